The molecular formula is C23H17Cl2N3O3S. The van der Waals surface area contributed by atoms with Gasteiger partial charge in [0.1, 0.15) is 0 Å². The summed E-state index contributed by atoms with van der Waals surface area (Å²) in [5, 5.41) is 5.08. The first-order valence-electron chi connectivity index (χ1n) is 9.48. The summed E-state index contributed by atoms with van der Waals surface area (Å²) < 4.78 is 28.5. The van der Waals surface area contributed by atoms with Crippen molar-refractivity contribution in [3.8, 4) is 11.3 Å². The topological polar surface area (TPSA) is 88.2 Å². The largest absolute Gasteiger partial charge is 0.325 e. The predicted octanol–water partition coefficient (Wildman–Crippen LogP) is 5.97. The average molecular weight is 486 g/mol. The highest BCUT2D eigenvalue weighted by atomic mass is 35.5. The van der Waals surface area contributed by atoms with Crippen molar-refractivity contribution < 1.29 is 13.2 Å². The summed E-state index contributed by atoms with van der Waals surface area (Å²) in [5.41, 5.74) is 1.77. The minimum Gasteiger partial charge on any atom is -0.325 e. The van der Waals surface area contributed by atoms with Crippen molar-refractivity contribution in [3.05, 3.63) is 83.0 Å². The molecule has 1 aromatic heterocycles. The molecule has 0 saturated heterocycles. The van der Waals surface area contributed by atoms with Gasteiger partial charge in [-0.3, -0.25) is 14.5 Å². The van der Waals surface area contributed by atoms with Crippen LogP contribution in [0.3, 0.4) is 0 Å². The first kappa shape index (κ1) is 22.1. The van der Waals surface area contributed by atoms with E-state index in [1.807, 2.05) is 30.3 Å². The zero-order valence-corrected chi connectivity index (χ0v) is 19.1. The highest BCUT2D eigenvalue weighted by molar-refractivity contribution is 7.92. The van der Waals surface area contributed by atoms with Crippen molar-refractivity contribution in [1.29, 1.82) is 0 Å². The molecule has 6 nitrogen and oxygen atoms in total. The number of hydrogen-bond acceptors (Lipinski definition) is 4. The summed E-state index contributed by atoms with van der Waals surface area (Å²) in [6.07, 6.45) is 1.68. The monoisotopic (exact) mass is 485 g/mol. The summed E-state index contributed by atoms with van der Waals surface area (Å²) in [6, 6.07) is 18.5. The number of pyridine rings is 1. The summed E-state index contributed by atoms with van der Waals surface area (Å²) in [7, 11) is -3.97. The second kappa shape index (κ2) is 8.78. The van der Waals surface area contributed by atoms with Gasteiger partial charge in [0.15, 0.2) is 0 Å². The molecule has 4 rings (SSSR count). The predicted molar refractivity (Wildman–Crippen MR) is 129 cm³/mol. The van der Waals surface area contributed by atoms with Crippen LogP contribution >= 0.6 is 23.2 Å². The minimum absolute atomic E-state index is 0.0505. The van der Waals surface area contributed by atoms with Crippen LogP contribution in [0.15, 0.2) is 77.8 Å². The number of halogens is 2. The normalized spacial score (nSPS) is 11.3. The number of fused-ring (bicyclic) bond motifs is 1. The lowest BCUT2D eigenvalue weighted by Crippen LogP contribution is -2.14. The highest BCUT2D eigenvalue weighted by Crippen LogP contribution is 2.34. The number of amides is 1. The van der Waals surface area contributed by atoms with Gasteiger partial charge in [-0.15, -0.1) is 0 Å². The third-order valence-corrected chi connectivity index (χ3v) is 6.74. The van der Waals surface area contributed by atoms with Gasteiger partial charge < -0.3 is 5.32 Å². The van der Waals surface area contributed by atoms with Crippen LogP contribution in [0, 0.1) is 0 Å². The van der Waals surface area contributed by atoms with Crippen LogP contribution in [0.2, 0.25) is 10.0 Å². The molecule has 0 radical (unpaired) electrons. The first-order chi connectivity index (χ1) is 15.2. The maximum atomic E-state index is 13.0. The number of nitrogens with zero attached hydrogens (tertiary/aromatic N) is 1. The van der Waals surface area contributed by atoms with Crippen LogP contribution in [-0.2, 0) is 14.8 Å². The average Bonchev–Trinajstić information content (AvgIpc) is 2.75. The second-order valence-electron chi connectivity index (χ2n) is 7.00. The summed E-state index contributed by atoms with van der Waals surface area (Å²) in [5.74, 6) is -0.362. The maximum absolute atomic E-state index is 13.0. The number of anilines is 2. The first-order valence-corrected chi connectivity index (χ1v) is 11.7. The molecule has 0 bridgehead atoms. The van der Waals surface area contributed by atoms with Gasteiger partial charge in [-0.1, -0.05) is 47.5 Å². The molecule has 0 unspecified atom stereocenters. The van der Waals surface area contributed by atoms with Crippen molar-refractivity contribution in [2.24, 2.45) is 0 Å². The van der Waals surface area contributed by atoms with Gasteiger partial charge in [0.2, 0.25) is 5.91 Å². The van der Waals surface area contributed by atoms with Gasteiger partial charge in [-0.05, 0) is 47.9 Å². The van der Waals surface area contributed by atoms with Gasteiger partial charge in [0.25, 0.3) is 10.0 Å². The number of sulfonamides is 1. The summed E-state index contributed by atoms with van der Waals surface area (Å²) >= 11 is 12.5. The number of aromatic nitrogens is 1. The Balaban J connectivity index is 1.72. The Hall–Kier alpha value is -3.13. The Labute approximate surface area is 195 Å². The molecule has 0 aliphatic rings. The molecule has 2 N–H and O–H groups in total. The van der Waals surface area contributed by atoms with Crippen LogP contribution in [0.1, 0.15) is 6.92 Å². The van der Waals surface area contributed by atoms with Crippen LogP contribution in [-0.4, -0.2) is 19.3 Å². The molecule has 0 aliphatic heterocycles. The minimum atomic E-state index is -3.97. The van der Waals surface area contributed by atoms with E-state index in [1.165, 1.54) is 25.1 Å². The molecule has 0 aliphatic carbocycles. The zero-order chi connectivity index (χ0) is 22.9. The number of nitrogens with one attached hydrogen (secondary N) is 2. The molecule has 32 heavy (non-hydrogen) atoms. The number of benzene rings is 3. The van der Waals surface area contributed by atoms with Crippen LogP contribution in [0.5, 0.6) is 0 Å². The summed E-state index contributed by atoms with van der Waals surface area (Å²) in [6.45, 7) is 1.31. The Kier molecular flexibility index (Phi) is 6.06. The van der Waals surface area contributed by atoms with Gasteiger partial charge in [-0.2, -0.15) is 0 Å². The van der Waals surface area contributed by atoms with E-state index in [0.717, 1.165) is 10.8 Å². The molecule has 1 amide bonds. The van der Waals surface area contributed by atoms with Crippen molar-refractivity contribution in [1.82, 2.24) is 4.98 Å². The lowest BCUT2D eigenvalue weighted by molar-refractivity contribution is -0.114. The standard InChI is InChI=1S/C23H17Cl2N3O3S/c1-14(29)27-22-13-17(7-9-21(22)25)32(30,31)28-16-6-8-20(24)19(12-16)23-18-5-3-2-4-15(18)10-11-26-23/h2-13,28H,1H3,(H,27,29). The molecule has 9 heteroatoms. The molecule has 3 aromatic carbocycles. The van der Waals surface area contributed by atoms with Gasteiger partial charge in [0.05, 0.1) is 26.3 Å². The fourth-order valence-electron chi connectivity index (χ4n) is 3.28. The number of carbonyl (C=O) groups excluding carboxylic acids is 1. The van der Waals surface area contributed by atoms with E-state index in [4.69, 9.17) is 23.2 Å². The van der Waals surface area contributed by atoms with E-state index in [2.05, 4.69) is 15.0 Å². The van der Waals surface area contributed by atoms with E-state index in [0.29, 0.717) is 22.0 Å². The molecule has 0 atom stereocenters. The van der Waals surface area contributed by atoms with Crippen LogP contribution in [0.4, 0.5) is 11.4 Å². The van der Waals surface area contributed by atoms with E-state index >= 15 is 0 Å². The van der Waals surface area contributed by atoms with Crippen molar-refractivity contribution in [2.45, 2.75) is 11.8 Å². The van der Waals surface area contributed by atoms with Gasteiger partial charge >= 0.3 is 0 Å². The van der Waals surface area contributed by atoms with Gasteiger partial charge in [-0.25, -0.2) is 8.42 Å². The zero-order valence-electron chi connectivity index (χ0n) is 16.8. The van der Waals surface area contributed by atoms with Crippen LogP contribution < -0.4 is 10.0 Å². The van der Waals surface area contributed by atoms with E-state index in [1.54, 1.807) is 24.4 Å². The molecular weight excluding hydrogens is 469 g/mol. The van der Waals surface area contributed by atoms with E-state index in [-0.39, 0.29) is 21.5 Å². The molecule has 0 spiro atoms. The highest BCUT2D eigenvalue weighted by Gasteiger charge is 2.18. The lowest BCUT2D eigenvalue weighted by Gasteiger charge is -2.13. The van der Waals surface area contributed by atoms with Crippen molar-refractivity contribution in [3.63, 3.8) is 0 Å². The Bertz CT molecular complexity index is 1450. The lowest BCUT2D eigenvalue weighted by atomic mass is 10.0. The molecule has 1 heterocycles. The Morgan fingerprint density at radius 3 is 2.47 bits per heavy atom. The number of hydrogen-bond donors (Lipinski definition) is 2. The molecule has 4 aromatic rings. The van der Waals surface area contributed by atoms with Gasteiger partial charge in [0, 0.05) is 29.8 Å². The van der Waals surface area contributed by atoms with Crippen LogP contribution in [0.25, 0.3) is 22.0 Å². The molecule has 162 valence electrons. The second-order valence-corrected chi connectivity index (χ2v) is 9.50. The van der Waals surface area contributed by atoms with Crippen molar-refractivity contribution in [2.75, 3.05) is 10.0 Å². The Morgan fingerprint density at radius 1 is 0.938 bits per heavy atom. The maximum Gasteiger partial charge on any atom is 0.261 e. The quantitative estimate of drug-likeness (QED) is 0.364. The molecule has 0 saturated carbocycles. The SMILES string of the molecule is CC(=O)Nc1cc(S(=O)(=O)Nc2ccc(Cl)c(-c3nccc4ccccc34)c2)ccc1Cl. The fourth-order valence-corrected chi connectivity index (χ4v) is 4.72. The van der Waals surface area contributed by atoms with E-state index in [9.17, 15) is 13.2 Å². The van der Waals surface area contributed by atoms with Crippen molar-refractivity contribution >= 4 is 61.3 Å². The summed E-state index contributed by atoms with van der Waals surface area (Å²) in [4.78, 5) is 15.8. The number of rotatable bonds is 5. The third-order valence-electron chi connectivity index (χ3n) is 4.71. The number of carbonyl (C=O) groups is 1. The Morgan fingerprint density at radius 2 is 1.69 bits per heavy atom. The molecule has 0 fully saturated rings. The fraction of sp³-hybridized carbons (Fsp3) is 0.0435. The smallest absolute Gasteiger partial charge is 0.261 e. The van der Waals surface area contributed by atoms with E-state index < -0.39 is 10.0 Å². The third kappa shape index (κ3) is 4.55.